The van der Waals surface area contributed by atoms with E-state index < -0.39 is 0 Å². The van der Waals surface area contributed by atoms with E-state index in [2.05, 4.69) is 10.6 Å². The summed E-state index contributed by atoms with van der Waals surface area (Å²) in [6.07, 6.45) is 0.839. The summed E-state index contributed by atoms with van der Waals surface area (Å²) in [5.74, 6) is -0.600. The predicted octanol–water partition coefficient (Wildman–Crippen LogP) is 0.262. The average Bonchev–Trinajstić information content (AvgIpc) is 2.36. The molecule has 0 heterocycles. The second-order valence-electron chi connectivity index (χ2n) is 3.54. The summed E-state index contributed by atoms with van der Waals surface area (Å²) in [6.45, 7) is 1.84. The van der Waals surface area contributed by atoms with Crippen molar-refractivity contribution in [1.29, 1.82) is 0 Å². The van der Waals surface area contributed by atoms with Crippen molar-refractivity contribution in [3.05, 3.63) is 29.8 Å². The number of nitrogens with one attached hydrogen (secondary N) is 2. The van der Waals surface area contributed by atoms with Crippen LogP contribution in [0.25, 0.3) is 0 Å². The van der Waals surface area contributed by atoms with Gasteiger partial charge in [0.05, 0.1) is 13.1 Å². The smallest absolute Gasteiger partial charge is 0.243 e. The first-order chi connectivity index (χ1) is 8.17. The maximum Gasteiger partial charge on any atom is 0.243 e. The molecule has 0 aliphatic carbocycles. The minimum atomic E-state index is -0.344. The molecule has 0 spiro atoms. The van der Waals surface area contributed by atoms with E-state index in [1.165, 1.54) is 0 Å². The molecule has 2 amide bonds. The summed E-state index contributed by atoms with van der Waals surface area (Å²) in [5.41, 5.74) is 6.95. The topological polar surface area (TPSA) is 84.2 Å². The van der Waals surface area contributed by atoms with Gasteiger partial charge in [0.2, 0.25) is 11.8 Å². The zero-order valence-electron chi connectivity index (χ0n) is 9.82. The monoisotopic (exact) mass is 235 g/mol. The van der Waals surface area contributed by atoms with Gasteiger partial charge >= 0.3 is 0 Å². The average molecular weight is 235 g/mol. The Morgan fingerprint density at radius 2 is 1.94 bits per heavy atom. The van der Waals surface area contributed by atoms with E-state index in [0.29, 0.717) is 0 Å². The van der Waals surface area contributed by atoms with Crippen LogP contribution in [0.5, 0.6) is 0 Å². The van der Waals surface area contributed by atoms with Crippen molar-refractivity contribution in [3.63, 3.8) is 0 Å². The van der Waals surface area contributed by atoms with E-state index >= 15 is 0 Å². The minimum Gasteiger partial charge on any atom is -0.346 e. The van der Waals surface area contributed by atoms with Crippen LogP contribution in [0.1, 0.15) is 12.5 Å². The first-order valence-electron chi connectivity index (χ1n) is 5.52. The van der Waals surface area contributed by atoms with Gasteiger partial charge in [0.1, 0.15) is 0 Å². The van der Waals surface area contributed by atoms with Crippen LogP contribution in [0.4, 0.5) is 5.69 Å². The molecular formula is C12H17N3O2. The van der Waals surface area contributed by atoms with Gasteiger partial charge in [0.15, 0.2) is 0 Å². The maximum absolute atomic E-state index is 11.5. The van der Waals surface area contributed by atoms with Gasteiger partial charge in [-0.1, -0.05) is 25.1 Å². The summed E-state index contributed by atoms with van der Waals surface area (Å²) in [6, 6.07) is 7.56. The normalized spacial score (nSPS) is 9.76. The highest BCUT2D eigenvalue weighted by Gasteiger charge is 2.06. The Bertz CT molecular complexity index is 404. The summed E-state index contributed by atoms with van der Waals surface area (Å²) in [5, 5.41) is 5.16. The van der Waals surface area contributed by atoms with Crippen LogP contribution in [0.2, 0.25) is 0 Å². The third kappa shape index (κ3) is 4.24. The number of benzene rings is 1. The molecule has 0 saturated heterocycles. The van der Waals surface area contributed by atoms with Crippen molar-refractivity contribution in [2.75, 3.05) is 18.4 Å². The van der Waals surface area contributed by atoms with Crippen LogP contribution in [0.15, 0.2) is 24.3 Å². The van der Waals surface area contributed by atoms with E-state index in [1.807, 2.05) is 31.2 Å². The van der Waals surface area contributed by atoms with E-state index in [-0.39, 0.29) is 24.9 Å². The second kappa shape index (κ2) is 6.65. The molecule has 1 rings (SSSR count). The highest BCUT2D eigenvalue weighted by atomic mass is 16.2. The van der Waals surface area contributed by atoms with Crippen molar-refractivity contribution < 1.29 is 9.59 Å². The van der Waals surface area contributed by atoms with E-state index in [1.54, 1.807) is 0 Å². The van der Waals surface area contributed by atoms with E-state index in [9.17, 15) is 9.59 Å². The van der Waals surface area contributed by atoms with Crippen LogP contribution < -0.4 is 16.4 Å². The second-order valence-corrected chi connectivity index (χ2v) is 3.54. The molecule has 0 aliphatic rings. The number of hydrogen-bond donors (Lipinski definition) is 3. The number of carbonyl (C=O) groups is 2. The number of para-hydroxylation sites is 1. The molecule has 1 aromatic carbocycles. The van der Waals surface area contributed by atoms with Crippen LogP contribution >= 0.6 is 0 Å². The lowest BCUT2D eigenvalue weighted by atomic mass is 10.1. The Morgan fingerprint density at radius 3 is 2.59 bits per heavy atom. The summed E-state index contributed by atoms with van der Waals surface area (Å²) < 4.78 is 0. The Kier molecular flexibility index (Phi) is 5.16. The number of anilines is 1. The van der Waals surface area contributed by atoms with Gasteiger partial charge in [-0.25, -0.2) is 0 Å². The number of aryl methyl sites for hydroxylation is 1. The first kappa shape index (κ1) is 13.2. The fourth-order valence-corrected chi connectivity index (χ4v) is 1.40. The molecular weight excluding hydrogens is 218 g/mol. The molecule has 0 fully saturated rings. The van der Waals surface area contributed by atoms with Gasteiger partial charge in [0.25, 0.3) is 0 Å². The molecule has 4 N–H and O–H groups in total. The molecule has 5 heteroatoms. The number of rotatable bonds is 5. The molecule has 1 aromatic rings. The molecule has 0 aromatic heterocycles. The SMILES string of the molecule is CCc1ccccc1NC(=O)CNC(=O)CN. The highest BCUT2D eigenvalue weighted by molar-refractivity contribution is 5.95. The van der Waals surface area contributed by atoms with Crippen molar-refractivity contribution >= 4 is 17.5 Å². The van der Waals surface area contributed by atoms with Crippen LogP contribution in [-0.4, -0.2) is 24.9 Å². The van der Waals surface area contributed by atoms with Crippen LogP contribution in [0.3, 0.4) is 0 Å². The van der Waals surface area contributed by atoms with Crippen molar-refractivity contribution in [2.45, 2.75) is 13.3 Å². The lowest BCUT2D eigenvalue weighted by molar-refractivity contribution is -0.123. The standard InChI is InChI=1S/C12H17N3O2/c1-2-9-5-3-4-6-10(9)15-12(17)8-14-11(16)7-13/h3-6H,2,7-8,13H2,1H3,(H,14,16)(H,15,17). The predicted molar refractivity (Wildman–Crippen MR) is 66.5 cm³/mol. The zero-order valence-corrected chi connectivity index (χ0v) is 9.82. The Hall–Kier alpha value is -1.88. The molecule has 92 valence electrons. The van der Waals surface area contributed by atoms with E-state index in [0.717, 1.165) is 17.7 Å². The fourth-order valence-electron chi connectivity index (χ4n) is 1.40. The number of hydrogen-bond acceptors (Lipinski definition) is 3. The lowest BCUT2D eigenvalue weighted by Gasteiger charge is -2.09. The number of amides is 2. The minimum absolute atomic E-state index is 0.0614. The summed E-state index contributed by atoms with van der Waals surface area (Å²) >= 11 is 0. The molecule has 5 nitrogen and oxygen atoms in total. The Labute approximate surface area is 100 Å². The Morgan fingerprint density at radius 1 is 1.24 bits per heavy atom. The van der Waals surface area contributed by atoms with E-state index in [4.69, 9.17) is 5.73 Å². The highest BCUT2D eigenvalue weighted by Crippen LogP contribution is 2.14. The first-order valence-corrected chi connectivity index (χ1v) is 5.52. The molecule has 0 bridgehead atoms. The largest absolute Gasteiger partial charge is 0.346 e. The third-order valence-electron chi connectivity index (χ3n) is 2.30. The van der Waals surface area contributed by atoms with Gasteiger partial charge in [0, 0.05) is 5.69 Å². The summed E-state index contributed by atoms with van der Waals surface area (Å²) in [7, 11) is 0. The fraction of sp³-hybridized carbons (Fsp3) is 0.333. The molecule has 0 radical (unpaired) electrons. The third-order valence-corrected chi connectivity index (χ3v) is 2.30. The van der Waals surface area contributed by atoms with Gasteiger partial charge in [-0.2, -0.15) is 0 Å². The van der Waals surface area contributed by atoms with Crippen molar-refractivity contribution in [1.82, 2.24) is 5.32 Å². The molecule has 0 saturated carbocycles. The van der Waals surface area contributed by atoms with Gasteiger partial charge in [-0.05, 0) is 18.1 Å². The quantitative estimate of drug-likeness (QED) is 0.684. The molecule has 0 aliphatic heterocycles. The van der Waals surface area contributed by atoms with Crippen LogP contribution in [-0.2, 0) is 16.0 Å². The molecule has 0 unspecified atom stereocenters. The van der Waals surface area contributed by atoms with Crippen molar-refractivity contribution in [2.24, 2.45) is 5.73 Å². The van der Waals surface area contributed by atoms with Gasteiger partial charge in [-0.3, -0.25) is 9.59 Å². The zero-order chi connectivity index (χ0) is 12.7. The van der Waals surface area contributed by atoms with Gasteiger partial charge in [-0.15, -0.1) is 0 Å². The molecule has 0 atom stereocenters. The summed E-state index contributed by atoms with van der Waals surface area (Å²) in [4.78, 5) is 22.4. The number of carbonyl (C=O) groups excluding carboxylic acids is 2. The van der Waals surface area contributed by atoms with Gasteiger partial charge < -0.3 is 16.4 Å². The lowest BCUT2D eigenvalue weighted by Crippen LogP contribution is -2.36. The van der Waals surface area contributed by atoms with Crippen molar-refractivity contribution in [3.8, 4) is 0 Å². The van der Waals surface area contributed by atoms with Crippen LogP contribution in [0, 0.1) is 0 Å². The Balaban J connectivity index is 2.53. The number of nitrogens with two attached hydrogens (primary N) is 1. The maximum atomic E-state index is 11.5. The molecule has 17 heavy (non-hydrogen) atoms.